The molecule has 0 amide bonds. The van der Waals surface area contributed by atoms with E-state index < -0.39 is 24.4 Å². The molecule has 10 nitrogen and oxygen atoms in total. The molecule has 0 rings (SSSR count). The van der Waals surface area contributed by atoms with Gasteiger partial charge in [0.2, 0.25) is 0 Å². The normalized spacial score (nSPS) is 13.8. The van der Waals surface area contributed by atoms with Crippen LogP contribution >= 0.6 is 0 Å². The van der Waals surface area contributed by atoms with E-state index in [-0.39, 0.29) is 46.1 Å². The average molecular weight is 581 g/mol. The Morgan fingerprint density at radius 3 is 0.541 bits per heavy atom. The van der Waals surface area contributed by atoms with Crippen LogP contribution in [0.1, 0.15) is 83.1 Å². The first-order valence-corrected chi connectivity index (χ1v) is 13.0. The molecule has 230 valence electrons. The summed E-state index contributed by atoms with van der Waals surface area (Å²) in [5.41, 5.74) is 0. The first kappa shape index (κ1) is 50.2. The second-order valence-corrected chi connectivity index (χ2v) is 10.3. The van der Waals surface area contributed by atoms with E-state index in [0.717, 1.165) is 0 Å². The van der Waals surface area contributed by atoms with E-state index in [4.69, 9.17) is 20.4 Å². The van der Waals surface area contributed by atoms with Crippen LogP contribution in [-0.4, -0.2) is 139 Å². The molecule has 0 fully saturated rings. The summed E-state index contributed by atoms with van der Waals surface area (Å²) in [7, 11) is 0. The molecule has 0 bridgehead atoms. The van der Waals surface area contributed by atoms with Gasteiger partial charge in [-0.25, -0.2) is 0 Å². The predicted octanol–water partition coefficient (Wildman–Crippen LogP) is 0.660. The van der Waals surface area contributed by atoms with E-state index in [1.54, 1.807) is 83.1 Å². The Morgan fingerprint density at radius 2 is 0.459 bits per heavy atom. The van der Waals surface area contributed by atoms with Gasteiger partial charge in [0.05, 0.1) is 24.4 Å². The summed E-state index contributed by atoms with van der Waals surface area (Å²) in [6, 6.07) is 0. The molecule has 0 aliphatic heterocycles. The van der Waals surface area contributed by atoms with Crippen LogP contribution in [-0.2, 0) is 21.7 Å². The number of rotatable bonds is 11. The molecule has 0 aliphatic rings. The number of nitrogens with zero attached hydrogens (tertiary/aromatic N) is 2. The van der Waals surface area contributed by atoms with Crippen molar-refractivity contribution in [2.45, 2.75) is 132 Å². The molecule has 8 N–H and O–H groups in total. The topological polar surface area (TPSA) is 168 Å². The van der Waals surface area contributed by atoms with Gasteiger partial charge in [0.25, 0.3) is 0 Å². The van der Waals surface area contributed by atoms with Gasteiger partial charge >= 0.3 is 0 Å². The molecule has 0 spiro atoms. The summed E-state index contributed by atoms with van der Waals surface area (Å²) in [5, 5.41) is 70.1. The van der Waals surface area contributed by atoms with Crippen molar-refractivity contribution < 1.29 is 62.6 Å². The van der Waals surface area contributed by atoms with Crippen LogP contribution in [0.25, 0.3) is 0 Å². The zero-order valence-electron chi connectivity index (χ0n) is 25.8. The molecule has 0 aromatic carbocycles. The summed E-state index contributed by atoms with van der Waals surface area (Å²) in [5.74, 6) is 0. The molecule has 4 atom stereocenters. The van der Waals surface area contributed by atoms with E-state index in [2.05, 4.69) is 0 Å². The monoisotopic (exact) mass is 580 g/mol. The molecule has 0 saturated carbocycles. The fraction of sp³-hybridized carbons (Fsp3) is 1.00. The Kier molecular flexibility index (Phi) is 46.6. The Balaban J connectivity index is -0.000000115. The van der Waals surface area contributed by atoms with Crippen LogP contribution in [0.2, 0.25) is 0 Å². The quantitative estimate of drug-likeness (QED) is 0.163. The summed E-state index contributed by atoms with van der Waals surface area (Å²) < 4.78 is 0. The van der Waals surface area contributed by atoms with Crippen LogP contribution in [0, 0.1) is 0 Å². The fourth-order valence-electron chi connectivity index (χ4n) is 2.29. The molecule has 0 radical (unpaired) electrons. The molecule has 11 heteroatoms. The maximum atomic E-state index is 9.47. The van der Waals surface area contributed by atoms with Gasteiger partial charge in [0, 0.05) is 85.4 Å². The summed E-state index contributed by atoms with van der Waals surface area (Å²) >= 11 is 0. The Hall–Kier alpha value is 0.314. The van der Waals surface area contributed by atoms with Gasteiger partial charge in [-0.1, -0.05) is 0 Å². The number of hydrogen-bond acceptors (Lipinski definition) is 10. The third-order valence-corrected chi connectivity index (χ3v) is 2.82. The first-order valence-electron chi connectivity index (χ1n) is 13.0. The van der Waals surface area contributed by atoms with Crippen LogP contribution in [0.15, 0.2) is 0 Å². The minimum atomic E-state index is -0.448. The Labute approximate surface area is 243 Å². The van der Waals surface area contributed by atoms with Gasteiger partial charge in [0.1, 0.15) is 0 Å². The summed E-state index contributed by atoms with van der Waals surface area (Å²) in [4.78, 5) is 3.98. The zero-order valence-corrected chi connectivity index (χ0v) is 27.4. The molecular formula is C26H64N2O8Ti. The standard InChI is InChI=1S/C14H32N2O4.4C3H8O.Ti/c1-11(17)7-15(8-12(2)18)5-6-16(9-13(3)19)10-14(4)20;4*1-3(2)4;/h11-14,17-20H,5-10H2,1-4H3;4*3-4H,1-2H3;. The summed E-state index contributed by atoms with van der Waals surface area (Å²) in [6.07, 6.45) is -2.46. The number of hydrogen-bond donors (Lipinski definition) is 8. The van der Waals surface area contributed by atoms with Crippen LogP contribution < -0.4 is 0 Å². The van der Waals surface area contributed by atoms with E-state index in [1.165, 1.54) is 0 Å². The molecule has 0 aromatic heterocycles. The minimum absolute atomic E-state index is 0. The summed E-state index contributed by atoms with van der Waals surface area (Å²) in [6.45, 7) is 24.0. The number of aliphatic hydroxyl groups excluding tert-OH is 8. The third-order valence-electron chi connectivity index (χ3n) is 2.82. The molecule has 4 unspecified atom stereocenters. The van der Waals surface area contributed by atoms with Crippen molar-refractivity contribution in [1.82, 2.24) is 9.80 Å². The second-order valence-electron chi connectivity index (χ2n) is 10.3. The van der Waals surface area contributed by atoms with Crippen molar-refractivity contribution in [2.24, 2.45) is 0 Å². The van der Waals surface area contributed by atoms with Crippen LogP contribution in [0.4, 0.5) is 0 Å². The van der Waals surface area contributed by atoms with Gasteiger partial charge in [-0.3, -0.25) is 9.80 Å². The predicted molar refractivity (Wildman–Crippen MR) is 149 cm³/mol. The minimum Gasteiger partial charge on any atom is -0.394 e. The van der Waals surface area contributed by atoms with Gasteiger partial charge in [-0.2, -0.15) is 0 Å². The second kappa shape index (κ2) is 34.3. The largest absolute Gasteiger partial charge is 0.394 e. The molecule has 0 saturated heterocycles. The zero-order chi connectivity index (χ0) is 30.0. The van der Waals surface area contributed by atoms with Crippen LogP contribution in [0.3, 0.4) is 0 Å². The smallest absolute Gasteiger partial charge is 0.0639 e. The van der Waals surface area contributed by atoms with Gasteiger partial charge < -0.3 is 40.9 Å². The van der Waals surface area contributed by atoms with Crippen molar-refractivity contribution >= 4 is 0 Å². The van der Waals surface area contributed by atoms with Gasteiger partial charge in [-0.05, 0) is 83.1 Å². The molecule has 0 aliphatic carbocycles. The van der Waals surface area contributed by atoms with Crippen molar-refractivity contribution in [3.05, 3.63) is 0 Å². The van der Waals surface area contributed by atoms with E-state index in [9.17, 15) is 20.4 Å². The molecule has 37 heavy (non-hydrogen) atoms. The van der Waals surface area contributed by atoms with Gasteiger partial charge in [-0.15, -0.1) is 0 Å². The SMILES string of the molecule is CC(C)O.CC(C)O.CC(C)O.CC(C)O.CC(O)CN(CCN(CC(C)O)CC(C)O)CC(C)O.[Ti]. The van der Waals surface area contributed by atoms with Gasteiger partial charge in [0.15, 0.2) is 0 Å². The maximum Gasteiger partial charge on any atom is 0.0639 e. The fourth-order valence-corrected chi connectivity index (χ4v) is 2.29. The molecule has 0 aromatic rings. The third kappa shape index (κ3) is 94.1. The van der Waals surface area contributed by atoms with Crippen LogP contribution in [0.5, 0.6) is 0 Å². The Bertz CT molecular complexity index is 322. The molecular weight excluding hydrogens is 516 g/mol. The van der Waals surface area contributed by atoms with Crippen molar-refractivity contribution in [3.63, 3.8) is 0 Å². The molecule has 0 heterocycles. The van der Waals surface area contributed by atoms with E-state index in [0.29, 0.717) is 39.3 Å². The maximum absolute atomic E-state index is 9.47. The average Bonchev–Trinajstić information content (AvgIpc) is 2.55. The number of aliphatic hydroxyl groups is 8. The first-order chi connectivity index (χ1) is 16.1. The van der Waals surface area contributed by atoms with Crippen molar-refractivity contribution in [3.8, 4) is 0 Å². The van der Waals surface area contributed by atoms with Crippen molar-refractivity contribution in [1.29, 1.82) is 0 Å². The van der Waals surface area contributed by atoms with E-state index in [1.807, 2.05) is 9.80 Å². The van der Waals surface area contributed by atoms with E-state index >= 15 is 0 Å². The Morgan fingerprint density at radius 1 is 0.351 bits per heavy atom. The van der Waals surface area contributed by atoms with Crippen molar-refractivity contribution in [2.75, 3.05) is 39.3 Å².